The van der Waals surface area contributed by atoms with Crippen LogP contribution in [0.25, 0.3) is 0 Å². The zero-order valence-electron chi connectivity index (χ0n) is 10.3. The SMILES string of the molecule is NNC(c1sccc1Cl)C1CCOc2ccccc21. The Bertz CT molecular complexity index is 572. The first-order valence-corrected chi connectivity index (χ1v) is 7.47. The van der Waals surface area contributed by atoms with E-state index < -0.39 is 0 Å². The lowest BCUT2D eigenvalue weighted by molar-refractivity contribution is 0.247. The second-order valence-electron chi connectivity index (χ2n) is 4.56. The molecule has 1 aromatic carbocycles. The number of nitrogens with two attached hydrogens (primary N) is 1. The Kier molecular flexibility index (Phi) is 3.75. The average Bonchev–Trinajstić information content (AvgIpc) is 2.86. The molecule has 19 heavy (non-hydrogen) atoms. The number of nitrogens with one attached hydrogen (secondary N) is 1. The number of benzene rings is 1. The fraction of sp³-hybridized carbons (Fsp3) is 0.286. The summed E-state index contributed by atoms with van der Waals surface area (Å²) < 4.78 is 5.70. The minimum atomic E-state index is 0.0255. The molecule has 1 aliphatic rings. The first-order valence-electron chi connectivity index (χ1n) is 6.22. The quantitative estimate of drug-likeness (QED) is 0.673. The van der Waals surface area contributed by atoms with Crippen LogP contribution in [0.2, 0.25) is 5.02 Å². The maximum Gasteiger partial charge on any atom is 0.122 e. The summed E-state index contributed by atoms with van der Waals surface area (Å²) in [4.78, 5) is 1.09. The van der Waals surface area contributed by atoms with Gasteiger partial charge in [0.15, 0.2) is 0 Å². The van der Waals surface area contributed by atoms with Crippen LogP contribution < -0.4 is 16.0 Å². The van der Waals surface area contributed by atoms with Gasteiger partial charge in [0, 0.05) is 10.8 Å². The minimum absolute atomic E-state index is 0.0255. The van der Waals surface area contributed by atoms with E-state index in [1.807, 2.05) is 29.6 Å². The normalized spacial score (nSPS) is 19.6. The second-order valence-corrected chi connectivity index (χ2v) is 5.91. The first kappa shape index (κ1) is 12.9. The van der Waals surface area contributed by atoms with Gasteiger partial charge in [0.1, 0.15) is 5.75 Å². The maximum atomic E-state index is 6.24. The van der Waals surface area contributed by atoms with Crippen LogP contribution in [0.1, 0.15) is 28.8 Å². The highest BCUT2D eigenvalue weighted by Crippen LogP contribution is 2.43. The van der Waals surface area contributed by atoms with Crippen molar-refractivity contribution in [1.29, 1.82) is 0 Å². The van der Waals surface area contributed by atoms with Crippen molar-refractivity contribution in [2.24, 2.45) is 5.84 Å². The third kappa shape index (κ3) is 2.37. The molecule has 5 heteroatoms. The number of hydrogen-bond acceptors (Lipinski definition) is 4. The van der Waals surface area contributed by atoms with Crippen molar-refractivity contribution in [2.45, 2.75) is 18.4 Å². The van der Waals surface area contributed by atoms with E-state index in [1.54, 1.807) is 11.3 Å². The molecule has 0 saturated heterocycles. The highest BCUT2D eigenvalue weighted by atomic mass is 35.5. The van der Waals surface area contributed by atoms with E-state index in [0.29, 0.717) is 6.61 Å². The van der Waals surface area contributed by atoms with Gasteiger partial charge in [0.2, 0.25) is 0 Å². The number of thiophene rings is 1. The lowest BCUT2D eigenvalue weighted by atomic mass is 9.86. The zero-order valence-corrected chi connectivity index (χ0v) is 11.9. The van der Waals surface area contributed by atoms with Crippen molar-refractivity contribution in [1.82, 2.24) is 5.43 Å². The summed E-state index contributed by atoms with van der Waals surface area (Å²) in [5.41, 5.74) is 4.12. The van der Waals surface area contributed by atoms with Crippen molar-refractivity contribution in [3.05, 3.63) is 51.2 Å². The summed E-state index contributed by atoms with van der Waals surface area (Å²) in [5.74, 6) is 7.01. The summed E-state index contributed by atoms with van der Waals surface area (Å²) >= 11 is 7.88. The third-order valence-electron chi connectivity index (χ3n) is 3.51. The van der Waals surface area contributed by atoms with E-state index >= 15 is 0 Å². The molecule has 3 rings (SSSR count). The average molecular weight is 295 g/mol. The topological polar surface area (TPSA) is 47.3 Å². The number of fused-ring (bicyclic) bond motifs is 1. The molecule has 3 nitrogen and oxygen atoms in total. The Balaban J connectivity index is 2.00. The van der Waals surface area contributed by atoms with Crippen molar-refractivity contribution in [2.75, 3.05) is 6.61 Å². The predicted molar refractivity (Wildman–Crippen MR) is 78.7 cm³/mol. The van der Waals surface area contributed by atoms with Crippen LogP contribution in [0, 0.1) is 0 Å². The molecule has 1 aromatic heterocycles. The van der Waals surface area contributed by atoms with Crippen LogP contribution in [-0.2, 0) is 0 Å². The Hall–Kier alpha value is -1.07. The molecule has 0 aliphatic carbocycles. The second kappa shape index (κ2) is 5.51. The molecule has 0 fully saturated rings. The van der Waals surface area contributed by atoms with Gasteiger partial charge in [-0.15, -0.1) is 11.3 Å². The van der Waals surface area contributed by atoms with Crippen molar-refractivity contribution in [3.8, 4) is 5.75 Å². The van der Waals surface area contributed by atoms with Gasteiger partial charge in [0.25, 0.3) is 0 Å². The zero-order chi connectivity index (χ0) is 13.2. The summed E-state index contributed by atoms with van der Waals surface area (Å²) in [6.45, 7) is 0.711. The van der Waals surface area contributed by atoms with E-state index in [1.165, 1.54) is 5.56 Å². The lowest BCUT2D eigenvalue weighted by Gasteiger charge is -2.31. The minimum Gasteiger partial charge on any atom is -0.493 e. The molecule has 2 unspecified atom stereocenters. The third-order valence-corrected chi connectivity index (χ3v) is 4.96. The van der Waals surface area contributed by atoms with E-state index in [9.17, 15) is 0 Å². The molecule has 0 bridgehead atoms. The van der Waals surface area contributed by atoms with Crippen LogP contribution in [0.4, 0.5) is 0 Å². The Morgan fingerprint density at radius 1 is 1.37 bits per heavy atom. The smallest absolute Gasteiger partial charge is 0.122 e. The first-order chi connectivity index (χ1) is 9.31. The molecule has 2 atom stereocenters. The van der Waals surface area contributed by atoms with Crippen LogP contribution in [-0.4, -0.2) is 6.61 Å². The van der Waals surface area contributed by atoms with Gasteiger partial charge in [-0.05, 0) is 29.5 Å². The van der Waals surface area contributed by atoms with Gasteiger partial charge in [-0.25, -0.2) is 0 Å². The van der Waals surface area contributed by atoms with Gasteiger partial charge in [-0.3, -0.25) is 11.3 Å². The number of hydrogen-bond donors (Lipinski definition) is 2. The molecule has 3 N–H and O–H groups in total. The predicted octanol–water partition coefficient (Wildman–Crippen LogP) is 3.47. The van der Waals surface area contributed by atoms with Crippen LogP contribution >= 0.6 is 22.9 Å². The summed E-state index contributed by atoms with van der Waals surface area (Å²) in [5, 5.41) is 2.77. The summed E-state index contributed by atoms with van der Waals surface area (Å²) in [7, 11) is 0. The van der Waals surface area contributed by atoms with E-state index in [4.69, 9.17) is 22.2 Å². The lowest BCUT2D eigenvalue weighted by Crippen LogP contribution is -2.34. The van der Waals surface area contributed by atoms with Gasteiger partial charge in [-0.2, -0.15) is 0 Å². The van der Waals surface area contributed by atoms with Crippen LogP contribution in [0.15, 0.2) is 35.7 Å². The summed E-state index contributed by atoms with van der Waals surface area (Å²) in [6.07, 6.45) is 0.931. The van der Waals surface area contributed by atoms with Gasteiger partial charge in [0.05, 0.1) is 17.7 Å². The molecule has 2 heterocycles. The van der Waals surface area contributed by atoms with Crippen molar-refractivity contribution in [3.63, 3.8) is 0 Å². The fourth-order valence-corrected chi connectivity index (χ4v) is 3.92. The van der Waals surface area contributed by atoms with Crippen LogP contribution in [0.3, 0.4) is 0 Å². The monoisotopic (exact) mass is 294 g/mol. The molecule has 0 spiro atoms. The molecule has 0 amide bonds. The molecule has 0 radical (unpaired) electrons. The van der Waals surface area contributed by atoms with E-state index in [0.717, 1.165) is 22.1 Å². The standard InChI is InChI=1S/C14H15ClN2OS/c15-11-6-8-19-14(11)13(17-16)10-5-7-18-12-4-2-1-3-9(10)12/h1-4,6,8,10,13,17H,5,7,16H2. The molecule has 1 aliphatic heterocycles. The van der Waals surface area contributed by atoms with E-state index in [-0.39, 0.29) is 12.0 Å². The van der Waals surface area contributed by atoms with Crippen molar-refractivity contribution < 1.29 is 4.74 Å². The highest BCUT2D eigenvalue weighted by Gasteiger charge is 2.31. The number of ether oxygens (including phenoxy) is 1. The van der Waals surface area contributed by atoms with Crippen LogP contribution in [0.5, 0.6) is 5.75 Å². The molecular weight excluding hydrogens is 280 g/mol. The Morgan fingerprint density at radius 3 is 2.95 bits per heavy atom. The largest absolute Gasteiger partial charge is 0.493 e. The number of rotatable bonds is 3. The van der Waals surface area contributed by atoms with Gasteiger partial charge in [-0.1, -0.05) is 29.8 Å². The number of para-hydroxylation sites is 1. The summed E-state index contributed by atoms with van der Waals surface area (Å²) in [6, 6.07) is 10.1. The molecule has 2 aromatic rings. The Labute approximate surface area is 121 Å². The number of hydrazine groups is 1. The maximum absolute atomic E-state index is 6.24. The molecular formula is C14H15ClN2OS. The van der Waals surface area contributed by atoms with E-state index in [2.05, 4.69) is 11.5 Å². The highest BCUT2D eigenvalue weighted by molar-refractivity contribution is 7.10. The fourth-order valence-electron chi connectivity index (χ4n) is 2.62. The van der Waals surface area contributed by atoms with Gasteiger partial charge < -0.3 is 4.74 Å². The Morgan fingerprint density at radius 2 is 2.21 bits per heavy atom. The van der Waals surface area contributed by atoms with Crippen molar-refractivity contribution >= 4 is 22.9 Å². The molecule has 100 valence electrons. The number of halogens is 1. The van der Waals surface area contributed by atoms with Gasteiger partial charge >= 0.3 is 0 Å². The molecule has 0 saturated carbocycles.